The number of amides is 1. The highest BCUT2D eigenvalue weighted by Gasteiger charge is 2.32. The van der Waals surface area contributed by atoms with E-state index in [1.165, 1.54) is 6.42 Å². The average Bonchev–Trinajstić information content (AvgIpc) is 3.45. The van der Waals surface area contributed by atoms with Crippen LogP contribution in [0.3, 0.4) is 0 Å². The predicted octanol–water partition coefficient (Wildman–Crippen LogP) is 7.03. The maximum atomic E-state index is 13.6. The van der Waals surface area contributed by atoms with Gasteiger partial charge in [0.1, 0.15) is 0 Å². The number of aromatic nitrogens is 2. The molecule has 5 nitrogen and oxygen atoms in total. The fourth-order valence-corrected chi connectivity index (χ4v) is 6.22. The Balaban J connectivity index is 1.61. The molecule has 3 heterocycles. The second kappa shape index (κ2) is 9.86. The van der Waals surface area contributed by atoms with E-state index in [1.54, 1.807) is 23.5 Å². The minimum atomic E-state index is -0.155. The van der Waals surface area contributed by atoms with E-state index >= 15 is 0 Å². The molecule has 1 amide bonds. The SMILES string of the molecule is CC1CCCC(C)N1NC(=O)c1nn(-c2ccc(Cl)cc2Cl)c2c1CCC/C2=C\c1ccsc1. The van der Waals surface area contributed by atoms with E-state index in [2.05, 4.69) is 47.2 Å². The van der Waals surface area contributed by atoms with Gasteiger partial charge in [-0.1, -0.05) is 29.6 Å². The van der Waals surface area contributed by atoms with E-state index in [-0.39, 0.29) is 5.91 Å². The number of carbonyl (C=O) groups is 1. The van der Waals surface area contributed by atoms with Crippen LogP contribution in [0.1, 0.15) is 73.3 Å². The van der Waals surface area contributed by atoms with Gasteiger partial charge in [0.05, 0.1) is 16.4 Å². The summed E-state index contributed by atoms with van der Waals surface area (Å²) < 4.78 is 1.84. The summed E-state index contributed by atoms with van der Waals surface area (Å²) in [4.78, 5) is 13.6. The standard InChI is InChI=1S/C26H28Cl2N4OS/c1-16-5-3-6-17(2)31(16)30-26(33)24-21-8-4-7-19(13-18-11-12-34-15-18)25(21)32(29-24)23-10-9-20(27)14-22(23)28/h9-17H,3-8H2,1-2H3,(H,30,33)/b19-13+. The van der Waals surface area contributed by atoms with Crippen LogP contribution in [0.15, 0.2) is 35.0 Å². The van der Waals surface area contributed by atoms with Gasteiger partial charge in [-0.3, -0.25) is 10.2 Å². The number of hydrogen-bond acceptors (Lipinski definition) is 4. The highest BCUT2D eigenvalue weighted by molar-refractivity contribution is 7.08. The number of fused-ring (bicyclic) bond motifs is 1. The number of halogens is 2. The van der Waals surface area contributed by atoms with Gasteiger partial charge in [-0.15, -0.1) is 0 Å². The Morgan fingerprint density at radius 3 is 2.65 bits per heavy atom. The van der Waals surface area contributed by atoms with Crippen molar-refractivity contribution in [2.24, 2.45) is 0 Å². The lowest BCUT2D eigenvalue weighted by Gasteiger charge is -2.38. The molecule has 2 unspecified atom stereocenters. The third-order valence-electron chi connectivity index (χ3n) is 6.82. The number of hydrazine groups is 1. The van der Waals surface area contributed by atoms with Crippen molar-refractivity contribution in [3.63, 3.8) is 0 Å². The summed E-state index contributed by atoms with van der Waals surface area (Å²) in [7, 11) is 0. The van der Waals surface area contributed by atoms with E-state index in [4.69, 9.17) is 28.3 Å². The van der Waals surface area contributed by atoms with E-state index in [0.717, 1.165) is 60.2 Å². The Hall–Kier alpha value is -2.12. The lowest BCUT2D eigenvalue weighted by molar-refractivity contribution is 0.0365. The summed E-state index contributed by atoms with van der Waals surface area (Å²) in [6, 6.07) is 8.09. The van der Waals surface area contributed by atoms with Gasteiger partial charge in [0.15, 0.2) is 5.69 Å². The van der Waals surface area contributed by atoms with Crippen molar-refractivity contribution in [3.05, 3.63) is 67.6 Å². The van der Waals surface area contributed by atoms with Crippen LogP contribution in [0, 0.1) is 0 Å². The van der Waals surface area contributed by atoms with Gasteiger partial charge in [-0.25, -0.2) is 9.69 Å². The first-order valence-electron chi connectivity index (χ1n) is 11.8. The number of allylic oxidation sites excluding steroid dienone is 1. The first-order chi connectivity index (χ1) is 16.4. The lowest BCUT2D eigenvalue weighted by atomic mass is 9.90. The molecule has 5 rings (SSSR count). The van der Waals surface area contributed by atoms with Crippen LogP contribution in [0.5, 0.6) is 0 Å². The number of thiophene rings is 1. The maximum Gasteiger partial charge on any atom is 0.286 e. The molecule has 1 aliphatic heterocycles. The zero-order valence-electron chi connectivity index (χ0n) is 19.4. The lowest BCUT2D eigenvalue weighted by Crippen LogP contribution is -2.54. The summed E-state index contributed by atoms with van der Waals surface area (Å²) in [6.07, 6.45) is 8.23. The number of carbonyl (C=O) groups excluding carboxylic acids is 1. The number of benzene rings is 1. The number of piperidine rings is 1. The Bertz CT molecular complexity index is 1220. The molecule has 34 heavy (non-hydrogen) atoms. The molecular weight excluding hydrogens is 487 g/mol. The van der Waals surface area contributed by atoms with Gasteiger partial charge < -0.3 is 0 Å². The molecule has 8 heteroatoms. The summed E-state index contributed by atoms with van der Waals surface area (Å²) in [6.45, 7) is 4.33. The third-order valence-corrected chi connectivity index (χ3v) is 8.06. The highest BCUT2D eigenvalue weighted by atomic mass is 35.5. The van der Waals surface area contributed by atoms with Gasteiger partial charge in [-0.2, -0.15) is 16.4 Å². The number of nitrogens with one attached hydrogen (secondary N) is 1. The third kappa shape index (κ3) is 4.57. The van der Waals surface area contributed by atoms with Crippen LogP contribution < -0.4 is 5.43 Å². The number of rotatable bonds is 4. The molecule has 1 fully saturated rings. The van der Waals surface area contributed by atoms with Gasteiger partial charge in [0, 0.05) is 22.7 Å². The average molecular weight is 516 g/mol. The van der Waals surface area contributed by atoms with E-state index < -0.39 is 0 Å². The van der Waals surface area contributed by atoms with Crippen molar-refractivity contribution in [2.75, 3.05) is 0 Å². The molecule has 2 atom stereocenters. The summed E-state index contributed by atoms with van der Waals surface area (Å²) in [5.41, 5.74) is 8.64. The summed E-state index contributed by atoms with van der Waals surface area (Å²) in [5.74, 6) is -0.155. The van der Waals surface area contributed by atoms with Crippen molar-refractivity contribution in [3.8, 4) is 5.69 Å². The molecule has 0 radical (unpaired) electrons. The molecule has 1 aromatic carbocycles. The predicted molar refractivity (Wildman–Crippen MR) is 141 cm³/mol. The van der Waals surface area contributed by atoms with Crippen LogP contribution in [0.25, 0.3) is 17.3 Å². The van der Waals surface area contributed by atoms with Crippen molar-refractivity contribution in [2.45, 2.75) is 64.5 Å². The van der Waals surface area contributed by atoms with Gasteiger partial charge in [-0.05, 0) is 98.2 Å². The van der Waals surface area contributed by atoms with Crippen LogP contribution in [0.4, 0.5) is 0 Å². The minimum Gasteiger partial charge on any atom is -0.283 e. The van der Waals surface area contributed by atoms with Crippen molar-refractivity contribution in [1.82, 2.24) is 20.2 Å². The zero-order valence-corrected chi connectivity index (χ0v) is 21.7. The maximum absolute atomic E-state index is 13.6. The van der Waals surface area contributed by atoms with E-state index in [1.807, 2.05) is 10.7 Å². The fourth-order valence-electron chi connectivity index (χ4n) is 5.11. The first kappa shape index (κ1) is 23.6. The molecule has 2 aromatic heterocycles. The number of hydrogen-bond donors (Lipinski definition) is 1. The molecule has 1 N–H and O–H groups in total. The normalized spacial score (nSPS) is 22.1. The van der Waals surface area contributed by atoms with Crippen LogP contribution in [-0.4, -0.2) is 32.8 Å². The summed E-state index contributed by atoms with van der Waals surface area (Å²) in [5, 5.41) is 12.2. The van der Waals surface area contributed by atoms with Crippen LogP contribution >= 0.6 is 34.5 Å². The molecule has 0 saturated carbocycles. The molecule has 1 aliphatic carbocycles. The Morgan fingerprint density at radius 2 is 1.94 bits per heavy atom. The van der Waals surface area contributed by atoms with Crippen LogP contribution in [0.2, 0.25) is 10.0 Å². The second-order valence-corrected chi connectivity index (χ2v) is 10.9. The second-order valence-electron chi connectivity index (χ2n) is 9.24. The van der Waals surface area contributed by atoms with Crippen molar-refractivity contribution < 1.29 is 4.79 Å². The Labute approximate surface area is 214 Å². The van der Waals surface area contributed by atoms with Gasteiger partial charge >= 0.3 is 0 Å². The molecule has 178 valence electrons. The minimum absolute atomic E-state index is 0.155. The molecule has 3 aromatic rings. The van der Waals surface area contributed by atoms with E-state index in [0.29, 0.717) is 27.8 Å². The van der Waals surface area contributed by atoms with Crippen molar-refractivity contribution >= 4 is 52.1 Å². The Morgan fingerprint density at radius 1 is 1.15 bits per heavy atom. The highest BCUT2D eigenvalue weighted by Crippen LogP contribution is 2.38. The van der Waals surface area contributed by atoms with E-state index in [9.17, 15) is 4.79 Å². The smallest absolute Gasteiger partial charge is 0.283 e. The molecule has 0 bridgehead atoms. The fraction of sp³-hybridized carbons (Fsp3) is 0.385. The zero-order chi connectivity index (χ0) is 23.8. The molecule has 2 aliphatic rings. The first-order valence-corrected chi connectivity index (χ1v) is 13.5. The quantitative estimate of drug-likeness (QED) is 0.406. The monoisotopic (exact) mass is 514 g/mol. The number of nitrogens with zero attached hydrogens (tertiary/aromatic N) is 3. The van der Waals surface area contributed by atoms with Crippen molar-refractivity contribution in [1.29, 1.82) is 0 Å². The van der Waals surface area contributed by atoms with Gasteiger partial charge in [0.25, 0.3) is 5.91 Å². The topological polar surface area (TPSA) is 50.2 Å². The van der Waals surface area contributed by atoms with Gasteiger partial charge in [0.2, 0.25) is 0 Å². The van der Waals surface area contributed by atoms with Crippen LogP contribution in [-0.2, 0) is 6.42 Å². The molecular formula is C26H28Cl2N4OS. The molecule has 1 saturated heterocycles. The summed E-state index contributed by atoms with van der Waals surface area (Å²) >= 11 is 14.4. The Kier molecular flexibility index (Phi) is 6.85. The largest absolute Gasteiger partial charge is 0.286 e. The molecule has 0 spiro atoms.